The van der Waals surface area contributed by atoms with Crippen LogP contribution in [0.15, 0.2) is 12.1 Å². The molecule has 1 aliphatic rings. The lowest BCUT2D eigenvalue weighted by Crippen LogP contribution is -2.30. The quantitative estimate of drug-likeness (QED) is 0.745. The largest absolute Gasteiger partial charge is 0.493 e. The first-order valence-corrected chi connectivity index (χ1v) is 7.02. The number of fused-ring (bicyclic) bond motifs is 1. The van der Waals surface area contributed by atoms with Gasteiger partial charge in [-0.3, -0.25) is 4.90 Å². The number of ether oxygens (including phenoxy) is 1. The van der Waals surface area contributed by atoms with E-state index in [1.165, 1.54) is 0 Å². The molecule has 106 valence electrons. The van der Waals surface area contributed by atoms with Gasteiger partial charge in [-0.05, 0) is 17.7 Å². The number of nitrogens with zero attached hydrogens (tertiary/aromatic N) is 1. The van der Waals surface area contributed by atoms with Crippen LogP contribution in [0.1, 0.15) is 11.1 Å². The van der Waals surface area contributed by atoms with Gasteiger partial charge in [0, 0.05) is 36.0 Å². The zero-order chi connectivity index (χ0) is 13.8. The predicted molar refractivity (Wildman–Crippen MR) is 72.7 cm³/mol. The van der Waals surface area contributed by atoms with Crippen LogP contribution < -0.4 is 4.74 Å². The van der Waals surface area contributed by atoms with Crippen LogP contribution in [-0.2, 0) is 13.0 Å². The molecule has 0 bridgehead atoms. The topological polar surface area (TPSA) is 12.5 Å². The van der Waals surface area contributed by atoms with Crippen molar-refractivity contribution < 1.29 is 13.5 Å². The van der Waals surface area contributed by atoms with Gasteiger partial charge >= 0.3 is 0 Å². The van der Waals surface area contributed by atoms with Crippen LogP contribution in [0.25, 0.3) is 0 Å². The predicted octanol–water partition coefficient (Wildman–Crippen LogP) is 3.58. The molecule has 1 aromatic carbocycles. The van der Waals surface area contributed by atoms with E-state index in [1.54, 1.807) is 11.0 Å². The molecule has 0 aliphatic carbocycles. The summed E-state index contributed by atoms with van der Waals surface area (Å²) in [5, 5.41) is 0.613. The Morgan fingerprint density at radius 2 is 2.16 bits per heavy atom. The zero-order valence-electron chi connectivity index (χ0n) is 10.3. The number of halogens is 4. The highest BCUT2D eigenvalue weighted by molar-refractivity contribution is 6.30. The first kappa shape index (κ1) is 14.8. The van der Waals surface area contributed by atoms with Crippen molar-refractivity contribution >= 4 is 23.2 Å². The summed E-state index contributed by atoms with van der Waals surface area (Å²) in [6.07, 6.45) is -1.57. The van der Waals surface area contributed by atoms with Crippen molar-refractivity contribution in [1.82, 2.24) is 4.90 Å². The van der Waals surface area contributed by atoms with E-state index in [2.05, 4.69) is 0 Å². The SMILES string of the molecule is FC(F)CN(CCCl)Cc1cc(Cl)cc2c1OCC2. The molecule has 0 unspecified atom stereocenters. The normalized spacial score (nSPS) is 14.0. The van der Waals surface area contributed by atoms with Crippen molar-refractivity contribution in [3.05, 3.63) is 28.3 Å². The molecule has 0 N–H and O–H groups in total. The first-order chi connectivity index (χ1) is 9.10. The highest BCUT2D eigenvalue weighted by Crippen LogP contribution is 2.33. The maximum absolute atomic E-state index is 12.5. The van der Waals surface area contributed by atoms with Crippen molar-refractivity contribution in [2.24, 2.45) is 0 Å². The summed E-state index contributed by atoms with van der Waals surface area (Å²) in [5.74, 6) is 1.11. The van der Waals surface area contributed by atoms with Gasteiger partial charge in [-0.2, -0.15) is 0 Å². The molecule has 0 aromatic heterocycles. The van der Waals surface area contributed by atoms with E-state index in [4.69, 9.17) is 27.9 Å². The van der Waals surface area contributed by atoms with E-state index in [0.29, 0.717) is 30.6 Å². The first-order valence-electron chi connectivity index (χ1n) is 6.10. The summed E-state index contributed by atoms with van der Waals surface area (Å²) in [6, 6.07) is 3.64. The molecule has 0 radical (unpaired) electrons. The van der Waals surface area contributed by atoms with Crippen molar-refractivity contribution in [3.8, 4) is 5.75 Å². The number of alkyl halides is 3. The van der Waals surface area contributed by atoms with Crippen LogP contribution in [0.5, 0.6) is 5.75 Å². The lowest BCUT2D eigenvalue weighted by atomic mass is 10.1. The third-order valence-electron chi connectivity index (χ3n) is 3.02. The molecule has 1 heterocycles. The van der Waals surface area contributed by atoms with E-state index in [0.717, 1.165) is 23.3 Å². The molecule has 0 saturated heterocycles. The molecule has 0 saturated carbocycles. The van der Waals surface area contributed by atoms with Crippen molar-refractivity contribution in [2.45, 2.75) is 19.4 Å². The summed E-state index contributed by atoms with van der Waals surface area (Å²) in [5.41, 5.74) is 1.90. The molecule has 0 amide bonds. The van der Waals surface area contributed by atoms with Crippen LogP contribution in [-0.4, -0.2) is 36.9 Å². The number of benzene rings is 1. The summed E-state index contributed by atoms with van der Waals surface area (Å²) in [7, 11) is 0. The van der Waals surface area contributed by atoms with E-state index >= 15 is 0 Å². The van der Waals surface area contributed by atoms with Gasteiger partial charge in [-0.1, -0.05) is 11.6 Å². The van der Waals surface area contributed by atoms with Crippen LogP contribution in [0, 0.1) is 0 Å². The molecule has 2 nitrogen and oxygen atoms in total. The van der Waals surface area contributed by atoms with Crippen molar-refractivity contribution in [2.75, 3.05) is 25.6 Å². The molecule has 19 heavy (non-hydrogen) atoms. The van der Waals surface area contributed by atoms with Gasteiger partial charge in [0.25, 0.3) is 6.43 Å². The third kappa shape index (κ3) is 3.94. The van der Waals surface area contributed by atoms with Crippen LogP contribution in [0.3, 0.4) is 0 Å². The minimum absolute atomic E-state index is 0.298. The second-order valence-electron chi connectivity index (χ2n) is 4.47. The van der Waals surface area contributed by atoms with Gasteiger partial charge in [0.1, 0.15) is 5.75 Å². The third-order valence-corrected chi connectivity index (χ3v) is 3.40. The van der Waals surface area contributed by atoms with Crippen molar-refractivity contribution in [3.63, 3.8) is 0 Å². The highest BCUT2D eigenvalue weighted by atomic mass is 35.5. The summed E-state index contributed by atoms with van der Waals surface area (Å²) >= 11 is 11.7. The van der Waals surface area contributed by atoms with Gasteiger partial charge in [0.15, 0.2) is 0 Å². The molecular weight excluding hydrogens is 295 g/mol. The molecule has 1 aromatic rings. The van der Waals surface area contributed by atoms with Gasteiger partial charge < -0.3 is 4.74 Å². The number of hydrogen-bond acceptors (Lipinski definition) is 2. The lowest BCUT2D eigenvalue weighted by molar-refractivity contribution is 0.0874. The maximum Gasteiger partial charge on any atom is 0.251 e. The van der Waals surface area contributed by atoms with Gasteiger partial charge in [0.05, 0.1) is 13.2 Å². The fourth-order valence-electron chi connectivity index (χ4n) is 2.25. The smallest absolute Gasteiger partial charge is 0.251 e. The molecule has 1 aliphatic heterocycles. The van der Waals surface area contributed by atoms with E-state index in [9.17, 15) is 8.78 Å². The fourth-order valence-corrected chi connectivity index (χ4v) is 2.76. The monoisotopic (exact) mass is 309 g/mol. The standard InChI is InChI=1S/C13H15Cl2F2NO/c14-2-3-18(8-12(16)17)7-10-6-11(15)5-9-1-4-19-13(9)10/h5-6,12H,1-4,7-8H2. The van der Waals surface area contributed by atoms with Gasteiger partial charge in [-0.15, -0.1) is 11.6 Å². The number of rotatable bonds is 6. The molecule has 0 fully saturated rings. The van der Waals surface area contributed by atoms with E-state index in [1.807, 2.05) is 6.07 Å². The second kappa shape index (κ2) is 6.73. The Morgan fingerprint density at radius 3 is 2.84 bits per heavy atom. The molecular formula is C13H15Cl2F2NO. The summed E-state index contributed by atoms with van der Waals surface area (Å²) in [6.45, 7) is 1.11. The Kier molecular flexibility index (Phi) is 5.25. The summed E-state index contributed by atoms with van der Waals surface area (Å²) < 4.78 is 30.6. The maximum atomic E-state index is 12.5. The average Bonchev–Trinajstić information content (AvgIpc) is 2.76. The van der Waals surface area contributed by atoms with Crippen LogP contribution in [0.2, 0.25) is 5.02 Å². The molecule has 2 rings (SSSR count). The Labute approximate surface area is 121 Å². The zero-order valence-corrected chi connectivity index (χ0v) is 11.9. The second-order valence-corrected chi connectivity index (χ2v) is 5.28. The average molecular weight is 310 g/mol. The Morgan fingerprint density at radius 1 is 1.37 bits per heavy atom. The van der Waals surface area contributed by atoms with Gasteiger partial charge in [-0.25, -0.2) is 8.78 Å². The number of hydrogen-bond donors (Lipinski definition) is 0. The Bertz CT molecular complexity index is 443. The minimum atomic E-state index is -2.38. The Hall–Kier alpha value is -0.580. The van der Waals surface area contributed by atoms with E-state index < -0.39 is 6.43 Å². The van der Waals surface area contributed by atoms with E-state index in [-0.39, 0.29) is 6.54 Å². The minimum Gasteiger partial charge on any atom is -0.493 e. The van der Waals surface area contributed by atoms with Crippen molar-refractivity contribution in [1.29, 1.82) is 0 Å². The molecule has 0 atom stereocenters. The molecule has 6 heteroatoms. The Balaban J connectivity index is 2.16. The van der Waals surface area contributed by atoms with Crippen LogP contribution >= 0.6 is 23.2 Å². The van der Waals surface area contributed by atoms with Crippen LogP contribution in [0.4, 0.5) is 8.78 Å². The lowest BCUT2D eigenvalue weighted by Gasteiger charge is -2.22. The molecule has 0 spiro atoms. The highest BCUT2D eigenvalue weighted by Gasteiger charge is 2.20. The summed E-state index contributed by atoms with van der Waals surface area (Å²) in [4.78, 5) is 1.62. The van der Waals surface area contributed by atoms with Gasteiger partial charge in [0.2, 0.25) is 0 Å². The fraction of sp³-hybridized carbons (Fsp3) is 0.538.